The molecular weight excluding hydrogens is 230 g/mol. The molecule has 0 spiro atoms. The summed E-state index contributed by atoms with van der Waals surface area (Å²) in [7, 11) is 1.68. The second-order valence-corrected chi connectivity index (χ2v) is 4.24. The highest BCUT2D eigenvalue weighted by atomic mass is 16.5. The van der Waals surface area contributed by atoms with Crippen molar-refractivity contribution < 1.29 is 14.2 Å². The van der Waals surface area contributed by atoms with Crippen LogP contribution in [0.2, 0.25) is 0 Å². The molecule has 0 fully saturated rings. The molecule has 1 N–H and O–H groups in total. The van der Waals surface area contributed by atoms with Gasteiger partial charge in [0.05, 0.1) is 20.3 Å². The van der Waals surface area contributed by atoms with E-state index >= 15 is 0 Å². The molecule has 2 rings (SSSR count). The molecule has 0 radical (unpaired) electrons. The molecule has 0 saturated heterocycles. The first-order valence-electron chi connectivity index (χ1n) is 6.47. The Morgan fingerprint density at radius 2 is 2.33 bits per heavy atom. The molecule has 0 bridgehead atoms. The third-order valence-corrected chi connectivity index (χ3v) is 3.10. The van der Waals surface area contributed by atoms with E-state index in [2.05, 4.69) is 5.32 Å². The summed E-state index contributed by atoms with van der Waals surface area (Å²) < 4.78 is 16.3. The number of hydrogen-bond acceptors (Lipinski definition) is 4. The molecule has 0 saturated carbocycles. The minimum Gasteiger partial charge on any atom is -0.497 e. The Balaban J connectivity index is 2.01. The van der Waals surface area contributed by atoms with Gasteiger partial charge >= 0.3 is 0 Å². The van der Waals surface area contributed by atoms with Crippen LogP contribution in [0.15, 0.2) is 18.2 Å². The first-order chi connectivity index (χ1) is 8.85. The largest absolute Gasteiger partial charge is 0.497 e. The fourth-order valence-electron chi connectivity index (χ4n) is 2.16. The van der Waals surface area contributed by atoms with Gasteiger partial charge in [0.15, 0.2) is 0 Å². The van der Waals surface area contributed by atoms with E-state index in [1.54, 1.807) is 7.11 Å². The second kappa shape index (κ2) is 6.61. The summed E-state index contributed by atoms with van der Waals surface area (Å²) in [6.45, 7) is 5.13. The zero-order valence-electron chi connectivity index (χ0n) is 11.1. The molecule has 1 aliphatic heterocycles. The highest BCUT2D eigenvalue weighted by Crippen LogP contribution is 2.34. The van der Waals surface area contributed by atoms with Crippen molar-refractivity contribution in [1.29, 1.82) is 0 Å². The number of benzene rings is 1. The zero-order valence-corrected chi connectivity index (χ0v) is 11.1. The van der Waals surface area contributed by atoms with Crippen molar-refractivity contribution in [3.05, 3.63) is 23.8 Å². The van der Waals surface area contributed by atoms with E-state index in [0.29, 0.717) is 6.04 Å². The van der Waals surface area contributed by atoms with Crippen LogP contribution >= 0.6 is 0 Å². The fraction of sp³-hybridized carbons (Fsp3) is 0.571. The summed E-state index contributed by atoms with van der Waals surface area (Å²) in [6, 6.07) is 6.28. The lowest BCUT2D eigenvalue weighted by Crippen LogP contribution is -2.29. The van der Waals surface area contributed by atoms with E-state index in [1.165, 1.54) is 5.56 Å². The predicted octanol–water partition coefficient (Wildman–Crippen LogP) is 2.14. The number of hydrogen-bond donors (Lipinski definition) is 1. The highest BCUT2D eigenvalue weighted by Gasteiger charge is 2.21. The minimum absolute atomic E-state index is 0.323. The average molecular weight is 251 g/mol. The van der Waals surface area contributed by atoms with Gasteiger partial charge in [0.1, 0.15) is 11.5 Å². The molecule has 1 heterocycles. The Bertz CT molecular complexity index is 381. The number of methoxy groups -OCH3 is 1. The normalized spacial score (nSPS) is 18.0. The molecule has 1 unspecified atom stereocenters. The maximum atomic E-state index is 5.65. The van der Waals surface area contributed by atoms with Crippen LogP contribution in [0.4, 0.5) is 0 Å². The standard InChI is InChI=1S/C14H21NO3/c1-3-17-9-7-15-13-6-8-18-14-5-4-11(16-2)10-12(13)14/h4-5,10,13,15H,3,6-9H2,1-2H3. The van der Waals surface area contributed by atoms with E-state index in [0.717, 1.165) is 44.3 Å². The maximum Gasteiger partial charge on any atom is 0.124 e. The van der Waals surface area contributed by atoms with Crippen molar-refractivity contribution in [2.24, 2.45) is 0 Å². The predicted molar refractivity (Wildman–Crippen MR) is 70.3 cm³/mol. The molecule has 4 heteroatoms. The van der Waals surface area contributed by atoms with E-state index in [1.807, 2.05) is 25.1 Å². The lowest BCUT2D eigenvalue weighted by atomic mass is 10.0. The molecule has 1 aromatic carbocycles. The van der Waals surface area contributed by atoms with Gasteiger partial charge in [0.2, 0.25) is 0 Å². The summed E-state index contributed by atoms with van der Waals surface area (Å²) in [4.78, 5) is 0. The summed E-state index contributed by atoms with van der Waals surface area (Å²) in [5.74, 6) is 1.83. The van der Waals surface area contributed by atoms with Crippen LogP contribution in [0.25, 0.3) is 0 Å². The van der Waals surface area contributed by atoms with E-state index in [9.17, 15) is 0 Å². The summed E-state index contributed by atoms with van der Waals surface area (Å²) in [6.07, 6.45) is 0.978. The van der Waals surface area contributed by atoms with Gasteiger partial charge in [-0.25, -0.2) is 0 Å². The van der Waals surface area contributed by atoms with Crippen LogP contribution in [0.1, 0.15) is 24.9 Å². The van der Waals surface area contributed by atoms with Crippen molar-refractivity contribution in [3.63, 3.8) is 0 Å². The van der Waals surface area contributed by atoms with Gasteiger partial charge in [-0.1, -0.05) is 0 Å². The number of rotatable bonds is 6. The van der Waals surface area contributed by atoms with Gasteiger partial charge in [-0.05, 0) is 25.1 Å². The molecule has 0 amide bonds. The van der Waals surface area contributed by atoms with Crippen LogP contribution in [0.3, 0.4) is 0 Å². The molecule has 4 nitrogen and oxygen atoms in total. The van der Waals surface area contributed by atoms with Crippen molar-refractivity contribution in [2.75, 3.05) is 33.5 Å². The summed E-state index contributed by atoms with van der Waals surface area (Å²) in [5, 5.41) is 3.50. The highest BCUT2D eigenvalue weighted by molar-refractivity contribution is 5.43. The molecule has 1 atom stereocenters. The summed E-state index contributed by atoms with van der Waals surface area (Å²) in [5.41, 5.74) is 1.18. The van der Waals surface area contributed by atoms with Gasteiger partial charge in [0.25, 0.3) is 0 Å². The quantitative estimate of drug-likeness (QED) is 0.786. The van der Waals surface area contributed by atoms with Crippen LogP contribution < -0.4 is 14.8 Å². The number of fused-ring (bicyclic) bond motifs is 1. The van der Waals surface area contributed by atoms with Gasteiger partial charge < -0.3 is 19.5 Å². The first-order valence-corrected chi connectivity index (χ1v) is 6.47. The smallest absolute Gasteiger partial charge is 0.124 e. The fourth-order valence-corrected chi connectivity index (χ4v) is 2.16. The Kier molecular flexibility index (Phi) is 4.84. The third kappa shape index (κ3) is 3.15. The monoisotopic (exact) mass is 251 g/mol. The number of ether oxygens (including phenoxy) is 3. The second-order valence-electron chi connectivity index (χ2n) is 4.24. The molecule has 0 aliphatic carbocycles. The molecule has 0 aromatic heterocycles. The van der Waals surface area contributed by atoms with Gasteiger partial charge in [-0.2, -0.15) is 0 Å². The maximum absolute atomic E-state index is 5.65. The topological polar surface area (TPSA) is 39.7 Å². The minimum atomic E-state index is 0.323. The van der Waals surface area contributed by atoms with Crippen molar-refractivity contribution in [1.82, 2.24) is 5.32 Å². The van der Waals surface area contributed by atoms with Gasteiger partial charge in [-0.15, -0.1) is 0 Å². The zero-order chi connectivity index (χ0) is 12.8. The van der Waals surface area contributed by atoms with Crippen LogP contribution in [-0.4, -0.2) is 33.5 Å². The van der Waals surface area contributed by atoms with Crippen LogP contribution in [0, 0.1) is 0 Å². The van der Waals surface area contributed by atoms with E-state index < -0.39 is 0 Å². The third-order valence-electron chi connectivity index (χ3n) is 3.10. The SMILES string of the molecule is CCOCCNC1CCOc2ccc(OC)cc21. The molecule has 100 valence electrons. The first kappa shape index (κ1) is 13.2. The lowest BCUT2D eigenvalue weighted by Gasteiger charge is -2.27. The molecule has 18 heavy (non-hydrogen) atoms. The van der Waals surface area contributed by atoms with Crippen molar-refractivity contribution in [3.8, 4) is 11.5 Å². The van der Waals surface area contributed by atoms with Gasteiger partial charge in [-0.3, -0.25) is 0 Å². The lowest BCUT2D eigenvalue weighted by molar-refractivity contribution is 0.143. The van der Waals surface area contributed by atoms with Crippen LogP contribution in [0.5, 0.6) is 11.5 Å². The van der Waals surface area contributed by atoms with Gasteiger partial charge in [0, 0.05) is 31.2 Å². The van der Waals surface area contributed by atoms with E-state index in [4.69, 9.17) is 14.2 Å². The van der Waals surface area contributed by atoms with Crippen molar-refractivity contribution in [2.45, 2.75) is 19.4 Å². The Labute approximate surface area is 108 Å². The van der Waals surface area contributed by atoms with Crippen molar-refractivity contribution >= 4 is 0 Å². The molecular formula is C14H21NO3. The Morgan fingerprint density at radius 3 is 3.11 bits per heavy atom. The summed E-state index contributed by atoms with van der Waals surface area (Å²) >= 11 is 0. The average Bonchev–Trinajstić information content (AvgIpc) is 2.43. The molecule has 1 aromatic rings. The Hall–Kier alpha value is -1.26. The van der Waals surface area contributed by atoms with Crippen LogP contribution in [-0.2, 0) is 4.74 Å². The Morgan fingerprint density at radius 1 is 1.44 bits per heavy atom. The molecule has 1 aliphatic rings. The van der Waals surface area contributed by atoms with E-state index in [-0.39, 0.29) is 0 Å². The number of nitrogens with one attached hydrogen (secondary N) is 1.